The van der Waals surface area contributed by atoms with Gasteiger partial charge in [0.05, 0.1) is 0 Å². The Labute approximate surface area is 116 Å². The molecule has 0 atom stereocenters. The normalized spacial score (nSPS) is 10.7. The predicted molar refractivity (Wildman–Crippen MR) is 78.1 cm³/mol. The summed E-state index contributed by atoms with van der Waals surface area (Å²) in [4.78, 5) is 26.0. The van der Waals surface area contributed by atoms with Crippen molar-refractivity contribution in [2.24, 2.45) is 0 Å². The van der Waals surface area contributed by atoms with Gasteiger partial charge in [0.15, 0.2) is 0 Å². The standard InChI is InChI=1S/C15H18N2O3/c1-3-4-8-17-14(19)12(13(18)16-15(17)20)11-7-5-6-10(2)9-11/h5-7,9,19H,3-4,8H2,1-2H3,(H,16,18,20). The Morgan fingerprint density at radius 1 is 1.30 bits per heavy atom. The van der Waals surface area contributed by atoms with E-state index < -0.39 is 11.2 Å². The van der Waals surface area contributed by atoms with E-state index in [0.717, 1.165) is 18.4 Å². The van der Waals surface area contributed by atoms with Gasteiger partial charge in [-0.3, -0.25) is 14.3 Å². The van der Waals surface area contributed by atoms with Crippen LogP contribution in [0.4, 0.5) is 0 Å². The molecule has 0 aliphatic rings. The molecule has 0 radical (unpaired) electrons. The van der Waals surface area contributed by atoms with E-state index in [1.807, 2.05) is 26.0 Å². The van der Waals surface area contributed by atoms with Crippen molar-refractivity contribution in [3.63, 3.8) is 0 Å². The van der Waals surface area contributed by atoms with Gasteiger partial charge in [0, 0.05) is 6.54 Å². The van der Waals surface area contributed by atoms with Crippen molar-refractivity contribution in [2.75, 3.05) is 0 Å². The molecule has 2 aromatic rings. The highest BCUT2D eigenvalue weighted by molar-refractivity contribution is 5.67. The average molecular weight is 274 g/mol. The summed E-state index contributed by atoms with van der Waals surface area (Å²) in [7, 11) is 0. The lowest BCUT2D eigenvalue weighted by Gasteiger charge is -2.11. The number of hydrogen-bond acceptors (Lipinski definition) is 3. The molecule has 1 aromatic heterocycles. The maximum absolute atomic E-state index is 12.0. The summed E-state index contributed by atoms with van der Waals surface area (Å²) < 4.78 is 1.21. The molecule has 0 fully saturated rings. The number of aromatic hydroxyl groups is 1. The number of benzene rings is 1. The molecule has 0 aliphatic heterocycles. The summed E-state index contributed by atoms with van der Waals surface area (Å²) in [5.74, 6) is -0.266. The van der Waals surface area contributed by atoms with Crippen molar-refractivity contribution in [3.8, 4) is 17.0 Å². The van der Waals surface area contributed by atoms with Crippen molar-refractivity contribution in [3.05, 3.63) is 50.7 Å². The molecular weight excluding hydrogens is 256 g/mol. The molecule has 0 saturated carbocycles. The van der Waals surface area contributed by atoms with Crippen LogP contribution in [0.25, 0.3) is 11.1 Å². The Kier molecular flexibility index (Phi) is 4.08. The third kappa shape index (κ3) is 2.66. The van der Waals surface area contributed by atoms with Crippen LogP contribution in [-0.4, -0.2) is 14.7 Å². The number of nitrogens with zero attached hydrogens (tertiary/aromatic N) is 1. The molecule has 106 valence electrons. The molecule has 0 aliphatic carbocycles. The van der Waals surface area contributed by atoms with E-state index >= 15 is 0 Å². The Morgan fingerprint density at radius 2 is 2.05 bits per heavy atom. The quantitative estimate of drug-likeness (QED) is 0.895. The number of hydrogen-bond donors (Lipinski definition) is 2. The van der Waals surface area contributed by atoms with E-state index in [0.29, 0.717) is 12.1 Å². The molecule has 1 aromatic carbocycles. The summed E-state index contributed by atoms with van der Waals surface area (Å²) in [5, 5.41) is 10.3. The molecule has 0 saturated heterocycles. The number of unbranched alkanes of at least 4 members (excludes halogenated alkanes) is 1. The van der Waals surface area contributed by atoms with Crippen LogP contribution in [-0.2, 0) is 6.54 Å². The van der Waals surface area contributed by atoms with E-state index in [4.69, 9.17) is 0 Å². The lowest BCUT2D eigenvalue weighted by atomic mass is 10.1. The highest BCUT2D eigenvalue weighted by atomic mass is 16.3. The maximum Gasteiger partial charge on any atom is 0.331 e. The Bertz CT molecular complexity index is 729. The first-order valence-electron chi connectivity index (χ1n) is 6.67. The van der Waals surface area contributed by atoms with E-state index in [-0.39, 0.29) is 11.4 Å². The number of H-pyrrole nitrogens is 1. The first-order chi connectivity index (χ1) is 9.54. The molecule has 0 unspecified atom stereocenters. The van der Waals surface area contributed by atoms with Crippen molar-refractivity contribution in [1.29, 1.82) is 0 Å². The van der Waals surface area contributed by atoms with Crippen LogP contribution >= 0.6 is 0 Å². The topological polar surface area (TPSA) is 75.1 Å². The molecule has 0 spiro atoms. The van der Waals surface area contributed by atoms with Gasteiger partial charge in [-0.25, -0.2) is 4.79 Å². The minimum Gasteiger partial charge on any atom is -0.494 e. The third-order valence-electron chi connectivity index (χ3n) is 3.21. The SMILES string of the molecule is CCCCn1c(O)c(-c2cccc(C)c2)c(=O)[nH]c1=O. The van der Waals surface area contributed by atoms with E-state index in [1.54, 1.807) is 12.1 Å². The van der Waals surface area contributed by atoms with Crippen molar-refractivity contribution in [1.82, 2.24) is 9.55 Å². The van der Waals surface area contributed by atoms with E-state index in [9.17, 15) is 14.7 Å². The smallest absolute Gasteiger partial charge is 0.331 e. The Morgan fingerprint density at radius 3 is 2.70 bits per heavy atom. The minimum absolute atomic E-state index is 0.143. The fourth-order valence-electron chi connectivity index (χ4n) is 2.14. The Hall–Kier alpha value is -2.30. The van der Waals surface area contributed by atoms with Crippen molar-refractivity contribution < 1.29 is 5.11 Å². The summed E-state index contributed by atoms with van der Waals surface area (Å²) in [6, 6.07) is 7.26. The van der Waals surface area contributed by atoms with Gasteiger partial charge in [-0.05, 0) is 18.9 Å². The van der Waals surface area contributed by atoms with Gasteiger partial charge in [-0.2, -0.15) is 0 Å². The monoisotopic (exact) mass is 274 g/mol. The zero-order valence-corrected chi connectivity index (χ0v) is 11.6. The number of aromatic nitrogens is 2. The molecule has 2 rings (SSSR count). The molecule has 2 N–H and O–H groups in total. The molecule has 0 amide bonds. The van der Waals surface area contributed by atoms with Crippen LogP contribution in [0, 0.1) is 6.92 Å². The third-order valence-corrected chi connectivity index (χ3v) is 3.21. The molecular formula is C15H18N2O3. The van der Waals surface area contributed by atoms with Gasteiger partial charge in [0.2, 0.25) is 5.88 Å². The highest BCUT2D eigenvalue weighted by Gasteiger charge is 2.15. The zero-order valence-electron chi connectivity index (χ0n) is 11.6. The molecule has 5 heteroatoms. The average Bonchev–Trinajstić information content (AvgIpc) is 2.38. The first-order valence-corrected chi connectivity index (χ1v) is 6.67. The fraction of sp³-hybridized carbons (Fsp3) is 0.333. The van der Waals surface area contributed by atoms with Crippen LogP contribution in [0.2, 0.25) is 0 Å². The van der Waals surface area contributed by atoms with Crippen LogP contribution in [0.3, 0.4) is 0 Å². The van der Waals surface area contributed by atoms with Gasteiger partial charge in [0.1, 0.15) is 5.56 Å². The molecule has 20 heavy (non-hydrogen) atoms. The second-order valence-corrected chi connectivity index (χ2v) is 4.83. The number of aromatic amines is 1. The van der Waals surface area contributed by atoms with Gasteiger partial charge >= 0.3 is 5.69 Å². The van der Waals surface area contributed by atoms with E-state index in [1.165, 1.54) is 4.57 Å². The van der Waals surface area contributed by atoms with Gasteiger partial charge in [-0.15, -0.1) is 0 Å². The van der Waals surface area contributed by atoms with Gasteiger partial charge < -0.3 is 5.11 Å². The summed E-state index contributed by atoms with van der Waals surface area (Å²) in [6.45, 7) is 4.29. The highest BCUT2D eigenvalue weighted by Crippen LogP contribution is 2.24. The first kappa shape index (κ1) is 14.1. The number of rotatable bonds is 4. The summed E-state index contributed by atoms with van der Waals surface area (Å²) >= 11 is 0. The largest absolute Gasteiger partial charge is 0.494 e. The van der Waals surface area contributed by atoms with E-state index in [2.05, 4.69) is 4.98 Å². The summed E-state index contributed by atoms with van der Waals surface area (Å²) in [6.07, 6.45) is 1.65. The molecule has 1 heterocycles. The van der Waals surface area contributed by atoms with Crippen LogP contribution in [0.15, 0.2) is 33.9 Å². The van der Waals surface area contributed by atoms with Crippen LogP contribution in [0.5, 0.6) is 5.88 Å². The number of aryl methyl sites for hydroxylation is 1. The van der Waals surface area contributed by atoms with Crippen LogP contribution < -0.4 is 11.2 Å². The second-order valence-electron chi connectivity index (χ2n) is 4.83. The van der Waals surface area contributed by atoms with Crippen molar-refractivity contribution >= 4 is 0 Å². The minimum atomic E-state index is -0.572. The van der Waals surface area contributed by atoms with Crippen LogP contribution in [0.1, 0.15) is 25.3 Å². The second kappa shape index (κ2) is 5.77. The predicted octanol–water partition coefficient (Wildman–Crippen LogP) is 2.02. The lowest BCUT2D eigenvalue weighted by Crippen LogP contribution is -2.31. The zero-order chi connectivity index (χ0) is 14.7. The van der Waals surface area contributed by atoms with Gasteiger partial charge in [0.25, 0.3) is 5.56 Å². The fourth-order valence-corrected chi connectivity index (χ4v) is 2.14. The Balaban J connectivity index is 2.64. The molecule has 0 bridgehead atoms. The van der Waals surface area contributed by atoms with Gasteiger partial charge in [-0.1, -0.05) is 43.2 Å². The molecule has 5 nitrogen and oxygen atoms in total. The van der Waals surface area contributed by atoms with Crippen molar-refractivity contribution in [2.45, 2.75) is 33.2 Å². The summed E-state index contributed by atoms with van der Waals surface area (Å²) in [5.41, 5.74) is 0.592. The lowest BCUT2D eigenvalue weighted by molar-refractivity contribution is 0.398. The maximum atomic E-state index is 12.0. The number of nitrogens with one attached hydrogen (secondary N) is 1.